The second-order valence-electron chi connectivity index (χ2n) is 9.45. The van der Waals surface area contributed by atoms with Crippen LogP contribution in [0, 0.1) is 12.8 Å². The lowest BCUT2D eigenvalue weighted by Gasteiger charge is -2.30. The minimum Gasteiger partial charge on any atom is -0.484 e. The standard InChI is InChI=1S/C27H25N3O6S2/c1-15-5-7-17(8-6-15)30-25(32)21-20(22-24(28-27(34)38-22)37-23(21)26(30)33)16-3-2-4-18(13-16)36-14-19(31)29-9-11-35-12-10-29/h2-8,13,20-21,23H,9-12,14H2,1H3,(H,28,34)/t20-,21-,23+/m0/s1. The van der Waals surface area contributed by atoms with E-state index in [0.29, 0.717) is 42.8 Å². The summed E-state index contributed by atoms with van der Waals surface area (Å²) in [5.74, 6) is -1.41. The maximum Gasteiger partial charge on any atom is 0.305 e. The molecule has 0 saturated carbocycles. The number of thiazole rings is 1. The Bertz CT molecular complexity index is 1460. The number of aryl methyl sites for hydroxylation is 1. The summed E-state index contributed by atoms with van der Waals surface area (Å²) in [5.41, 5.74) is 2.32. The van der Waals surface area contributed by atoms with Crippen LogP contribution in [0.2, 0.25) is 0 Å². The molecular formula is C27H25N3O6S2. The number of hydrogen-bond donors (Lipinski definition) is 1. The number of ether oxygens (including phenoxy) is 2. The maximum atomic E-state index is 13.8. The number of amides is 3. The van der Waals surface area contributed by atoms with E-state index in [-0.39, 0.29) is 29.2 Å². The normalized spacial score (nSPS) is 22.8. The molecule has 9 nitrogen and oxygen atoms in total. The molecule has 38 heavy (non-hydrogen) atoms. The Labute approximate surface area is 226 Å². The number of imide groups is 1. The number of morpholine rings is 1. The summed E-state index contributed by atoms with van der Waals surface area (Å²) in [6, 6.07) is 14.5. The van der Waals surface area contributed by atoms with Crippen LogP contribution in [-0.4, -0.2) is 65.8 Å². The Kier molecular flexibility index (Phi) is 6.58. The topological polar surface area (TPSA) is 109 Å². The van der Waals surface area contributed by atoms with Crippen molar-refractivity contribution in [3.63, 3.8) is 0 Å². The lowest BCUT2D eigenvalue weighted by Crippen LogP contribution is -2.42. The van der Waals surface area contributed by atoms with E-state index in [1.807, 2.05) is 25.1 Å². The second kappa shape index (κ2) is 10.0. The van der Waals surface area contributed by atoms with Gasteiger partial charge in [-0.05, 0) is 36.8 Å². The maximum absolute atomic E-state index is 13.8. The van der Waals surface area contributed by atoms with Crippen molar-refractivity contribution in [2.75, 3.05) is 37.8 Å². The number of fused-ring (bicyclic) bond motifs is 2. The van der Waals surface area contributed by atoms with Crippen molar-refractivity contribution >= 4 is 46.5 Å². The average molecular weight is 552 g/mol. The van der Waals surface area contributed by atoms with Crippen LogP contribution in [0.25, 0.3) is 0 Å². The molecule has 11 heteroatoms. The number of nitrogens with one attached hydrogen (secondary N) is 1. The fourth-order valence-electron chi connectivity index (χ4n) is 5.17. The number of aromatic amines is 1. The molecule has 0 aliphatic carbocycles. The molecule has 3 aliphatic heterocycles. The molecule has 4 heterocycles. The summed E-state index contributed by atoms with van der Waals surface area (Å²) < 4.78 is 11.1. The molecular weight excluding hydrogens is 526 g/mol. The van der Waals surface area contributed by atoms with Crippen LogP contribution in [0.3, 0.4) is 0 Å². The number of carbonyl (C=O) groups is 3. The van der Waals surface area contributed by atoms with Crippen molar-refractivity contribution in [1.29, 1.82) is 0 Å². The van der Waals surface area contributed by atoms with Gasteiger partial charge in [-0.2, -0.15) is 0 Å². The predicted molar refractivity (Wildman–Crippen MR) is 143 cm³/mol. The summed E-state index contributed by atoms with van der Waals surface area (Å²) in [6.07, 6.45) is 0. The van der Waals surface area contributed by atoms with Crippen molar-refractivity contribution < 1.29 is 23.9 Å². The quantitative estimate of drug-likeness (QED) is 0.486. The van der Waals surface area contributed by atoms with E-state index in [1.54, 1.807) is 35.2 Å². The number of benzene rings is 2. The van der Waals surface area contributed by atoms with Crippen molar-refractivity contribution in [2.45, 2.75) is 23.1 Å². The molecule has 0 unspecified atom stereocenters. The zero-order valence-electron chi connectivity index (χ0n) is 20.5. The summed E-state index contributed by atoms with van der Waals surface area (Å²) in [5, 5.41) is -0.0500. The van der Waals surface area contributed by atoms with E-state index in [0.717, 1.165) is 27.3 Å². The van der Waals surface area contributed by atoms with Crippen LogP contribution in [0.15, 0.2) is 58.4 Å². The van der Waals surface area contributed by atoms with Gasteiger partial charge in [0.2, 0.25) is 11.8 Å². The molecule has 3 aromatic rings. The monoisotopic (exact) mass is 551 g/mol. The highest BCUT2D eigenvalue weighted by Crippen LogP contribution is 2.53. The van der Waals surface area contributed by atoms with Gasteiger partial charge in [0.15, 0.2) is 6.61 Å². The highest BCUT2D eigenvalue weighted by atomic mass is 32.2. The molecule has 196 valence electrons. The molecule has 2 saturated heterocycles. The number of thioether (sulfide) groups is 1. The first-order valence-corrected chi connectivity index (χ1v) is 14.0. The lowest BCUT2D eigenvalue weighted by atomic mass is 9.83. The van der Waals surface area contributed by atoms with Crippen molar-refractivity contribution in [3.05, 3.63) is 74.2 Å². The predicted octanol–water partition coefficient (Wildman–Crippen LogP) is 2.78. The molecule has 3 atom stereocenters. The van der Waals surface area contributed by atoms with Crippen molar-refractivity contribution in [1.82, 2.24) is 9.88 Å². The van der Waals surface area contributed by atoms with E-state index in [9.17, 15) is 19.2 Å². The Morgan fingerprint density at radius 1 is 1.08 bits per heavy atom. The molecule has 3 amide bonds. The number of anilines is 1. The fourth-order valence-corrected chi connectivity index (χ4v) is 7.69. The molecule has 6 rings (SSSR count). The van der Waals surface area contributed by atoms with Crippen LogP contribution < -0.4 is 14.5 Å². The fraction of sp³-hybridized carbons (Fsp3) is 0.333. The van der Waals surface area contributed by atoms with Gasteiger partial charge < -0.3 is 19.4 Å². The smallest absolute Gasteiger partial charge is 0.305 e. The minimum atomic E-state index is -0.682. The van der Waals surface area contributed by atoms with E-state index in [4.69, 9.17) is 9.47 Å². The molecule has 2 aromatic carbocycles. The van der Waals surface area contributed by atoms with Gasteiger partial charge in [-0.25, -0.2) is 4.90 Å². The van der Waals surface area contributed by atoms with Crippen LogP contribution >= 0.6 is 23.1 Å². The highest BCUT2D eigenvalue weighted by molar-refractivity contribution is 8.00. The van der Waals surface area contributed by atoms with Crippen LogP contribution in [0.5, 0.6) is 5.75 Å². The van der Waals surface area contributed by atoms with Crippen LogP contribution in [0.4, 0.5) is 5.69 Å². The van der Waals surface area contributed by atoms with Crippen molar-refractivity contribution in [3.8, 4) is 5.75 Å². The zero-order valence-corrected chi connectivity index (χ0v) is 22.2. The molecule has 1 aromatic heterocycles. The van der Waals surface area contributed by atoms with E-state index < -0.39 is 17.1 Å². The highest BCUT2D eigenvalue weighted by Gasteiger charge is 2.56. The Hall–Kier alpha value is -3.41. The van der Waals surface area contributed by atoms with Crippen LogP contribution in [0.1, 0.15) is 21.9 Å². The first-order chi connectivity index (χ1) is 18.4. The summed E-state index contributed by atoms with van der Waals surface area (Å²) in [7, 11) is 0. The third-order valence-electron chi connectivity index (χ3n) is 7.06. The molecule has 3 aliphatic rings. The molecule has 2 fully saturated rings. The number of carbonyl (C=O) groups excluding carboxylic acids is 3. The Morgan fingerprint density at radius 2 is 1.84 bits per heavy atom. The third-order valence-corrected chi connectivity index (χ3v) is 9.46. The summed E-state index contributed by atoms with van der Waals surface area (Å²) in [6.45, 7) is 3.93. The Balaban J connectivity index is 1.32. The number of nitrogens with zero attached hydrogens (tertiary/aromatic N) is 2. The minimum absolute atomic E-state index is 0.114. The summed E-state index contributed by atoms with van der Waals surface area (Å²) >= 11 is 2.31. The molecule has 0 bridgehead atoms. The van der Waals surface area contributed by atoms with Gasteiger partial charge in [-0.3, -0.25) is 19.2 Å². The average Bonchev–Trinajstić information content (AvgIpc) is 3.42. The lowest BCUT2D eigenvalue weighted by molar-refractivity contribution is -0.137. The van der Waals surface area contributed by atoms with Gasteiger partial charge >= 0.3 is 4.87 Å². The summed E-state index contributed by atoms with van der Waals surface area (Å²) in [4.78, 5) is 58.6. The SMILES string of the molecule is Cc1ccc(N2C(=O)[C@H]3[C@H](c4cccc(OCC(=O)N5CCOCC5)c4)c4sc(=O)[nH]c4S[C@H]3C2=O)cc1. The van der Waals surface area contributed by atoms with Crippen molar-refractivity contribution in [2.24, 2.45) is 5.92 Å². The molecule has 1 N–H and O–H groups in total. The van der Waals surface area contributed by atoms with Gasteiger partial charge in [0.1, 0.15) is 11.0 Å². The first kappa shape index (κ1) is 24.9. The molecule has 0 spiro atoms. The Morgan fingerprint density at radius 3 is 2.61 bits per heavy atom. The van der Waals surface area contributed by atoms with E-state index in [2.05, 4.69) is 4.98 Å². The van der Waals surface area contributed by atoms with E-state index >= 15 is 0 Å². The largest absolute Gasteiger partial charge is 0.484 e. The number of rotatable bonds is 5. The first-order valence-electron chi connectivity index (χ1n) is 12.3. The molecule has 0 radical (unpaired) electrons. The van der Waals surface area contributed by atoms with Gasteiger partial charge in [0.05, 0.1) is 29.8 Å². The van der Waals surface area contributed by atoms with Gasteiger partial charge in [0.25, 0.3) is 5.91 Å². The van der Waals surface area contributed by atoms with E-state index in [1.165, 1.54) is 16.7 Å². The van der Waals surface area contributed by atoms with Crippen LogP contribution in [-0.2, 0) is 19.1 Å². The van der Waals surface area contributed by atoms with Gasteiger partial charge in [-0.15, -0.1) is 0 Å². The third kappa shape index (κ3) is 4.44. The number of aromatic nitrogens is 1. The number of H-pyrrole nitrogens is 1. The second-order valence-corrected chi connectivity index (χ2v) is 11.6. The van der Waals surface area contributed by atoms with Gasteiger partial charge in [0, 0.05) is 23.9 Å². The van der Waals surface area contributed by atoms with Gasteiger partial charge in [-0.1, -0.05) is 52.9 Å². The number of hydrogen-bond acceptors (Lipinski definition) is 8. The zero-order chi connectivity index (χ0) is 26.4.